The molecule has 0 amide bonds. The number of aryl methyl sites for hydroxylation is 1. The SMILES string of the molecule is CNC(CN(C)Cc1cccc(C)n1)C1CC1. The third-order valence-corrected chi connectivity index (χ3v) is 3.45. The molecule has 0 bridgehead atoms. The standard InChI is InChI=1S/C14H23N3/c1-11-5-4-6-13(16-11)9-17(3)10-14(15-2)12-7-8-12/h4-6,12,14-15H,7-10H2,1-3H3. The van der Waals surface area contributed by atoms with Gasteiger partial charge in [0.25, 0.3) is 0 Å². The first-order valence-electron chi connectivity index (χ1n) is 6.47. The summed E-state index contributed by atoms with van der Waals surface area (Å²) in [7, 11) is 4.25. The van der Waals surface area contributed by atoms with Gasteiger partial charge in [-0.1, -0.05) is 6.07 Å². The van der Waals surface area contributed by atoms with Crippen molar-refractivity contribution in [2.24, 2.45) is 5.92 Å². The molecule has 1 aromatic rings. The predicted octanol–water partition coefficient (Wildman–Crippen LogP) is 1.82. The molecular formula is C14H23N3. The molecule has 0 radical (unpaired) electrons. The minimum atomic E-state index is 0.643. The van der Waals surface area contributed by atoms with Gasteiger partial charge in [-0.05, 0) is 51.9 Å². The Labute approximate surface area is 104 Å². The monoisotopic (exact) mass is 233 g/mol. The number of rotatable bonds is 6. The first kappa shape index (κ1) is 12.5. The predicted molar refractivity (Wildman–Crippen MR) is 70.9 cm³/mol. The van der Waals surface area contributed by atoms with Crippen molar-refractivity contribution in [3.05, 3.63) is 29.6 Å². The number of nitrogens with one attached hydrogen (secondary N) is 1. The highest BCUT2D eigenvalue weighted by Crippen LogP contribution is 2.32. The molecule has 0 spiro atoms. The average molecular weight is 233 g/mol. The van der Waals surface area contributed by atoms with E-state index in [-0.39, 0.29) is 0 Å². The van der Waals surface area contributed by atoms with Crippen LogP contribution >= 0.6 is 0 Å². The van der Waals surface area contributed by atoms with Gasteiger partial charge in [-0.2, -0.15) is 0 Å². The number of hydrogen-bond donors (Lipinski definition) is 1. The number of nitrogens with zero attached hydrogens (tertiary/aromatic N) is 2. The van der Waals surface area contributed by atoms with E-state index in [4.69, 9.17) is 0 Å². The van der Waals surface area contributed by atoms with Crippen molar-refractivity contribution < 1.29 is 0 Å². The van der Waals surface area contributed by atoms with Crippen LogP contribution in [0, 0.1) is 12.8 Å². The zero-order valence-electron chi connectivity index (χ0n) is 11.1. The molecule has 1 aromatic heterocycles. The minimum Gasteiger partial charge on any atom is -0.315 e. The minimum absolute atomic E-state index is 0.643. The summed E-state index contributed by atoms with van der Waals surface area (Å²) in [5.74, 6) is 0.896. The van der Waals surface area contributed by atoms with Gasteiger partial charge in [-0.3, -0.25) is 9.88 Å². The molecule has 1 fully saturated rings. The van der Waals surface area contributed by atoms with E-state index in [9.17, 15) is 0 Å². The summed E-state index contributed by atoms with van der Waals surface area (Å²) in [6.07, 6.45) is 2.78. The van der Waals surface area contributed by atoms with Gasteiger partial charge in [0.15, 0.2) is 0 Å². The molecule has 0 aliphatic heterocycles. The third kappa shape index (κ3) is 3.79. The van der Waals surface area contributed by atoms with Crippen molar-refractivity contribution in [3.63, 3.8) is 0 Å². The quantitative estimate of drug-likeness (QED) is 0.812. The average Bonchev–Trinajstić information content (AvgIpc) is 3.09. The molecule has 17 heavy (non-hydrogen) atoms. The van der Waals surface area contributed by atoms with Gasteiger partial charge in [-0.25, -0.2) is 0 Å². The Kier molecular flexibility index (Phi) is 4.13. The first-order valence-corrected chi connectivity index (χ1v) is 6.47. The van der Waals surface area contributed by atoms with E-state index in [0.717, 1.165) is 30.4 Å². The summed E-state index contributed by atoms with van der Waals surface area (Å²) >= 11 is 0. The topological polar surface area (TPSA) is 28.2 Å². The Morgan fingerprint density at radius 2 is 2.24 bits per heavy atom. The van der Waals surface area contributed by atoms with Crippen LogP contribution in [0.5, 0.6) is 0 Å². The maximum absolute atomic E-state index is 4.54. The molecule has 0 aromatic carbocycles. The number of aromatic nitrogens is 1. The summed E-state index contributed by atoms with van der Waals surface area (Å²) in [5, 5.41) is 3.43. The van der Waals surface area contributed by atoms with E-state index < -0.39 is 0 Å². The maximum atomic E-state index is 4.54. The molecule has 1 unspecified atom stereocenters. The number of hydrogen-bond acceptors (Lipinski definition) is 3. The fraction of sp³-hybridized carbons (Fsp3) is 0.643. The summed E-state index contributed by atoms with van der Waals surface area (Å²) in [6.45, 7) is 4.09. The zero-order chi connectivity index (χ0) is 12.3. The largest absolute Gasteiger partial charge is 0.315 e. The molecule has 1 N–H and O–H groups in total. The molecule has 1 saturated carbocycles. The van der Waals surface area contributed by atoms with E-state index in [2.05, 4.69) is 41.4 Å². The van der Waals surface area contributed by atoms with E-state index in [1.165, 1.54) is 12.8 Å². The Hall–Kier alpha value is -0.930. The fourth-order valence-corrected chi connectivity index (χ4v) is 2.34. The Morgan fingerprint density at radius 1 is 1.47 bits per heavy atom. The summed E-state index contributed by atoms with van der Waals surface area (Å²) in [6, 6.07) is 6.88. The van der Waals surface area contributed by atoms with E-state index in [1.54, 1.807) is 0 Å². The van der Waals surface area contributed by atoms with Crippen molar-refractivity contribution >= 4 is 0 Å². The van der Waals surface area contributed by atoms with Crippen LogP contribution in [0.2, 0.25) is 0 Å². The fourth-order valence-electron chi connectivity index (χ4n) is 2.34. The van der Waals surface area contributed by atoms with Crippen molar-refractivity contribution in [2.75, 3.05) is 20.6 Å². The highest BCUT2D eigenvalue weighted by Gasteiger charge is 2.30. The normalized spacial score (nSPS) is 17.4. The van der Waals surface area contributed by atoms with E-state index in [0.29, 0.717) is 6.04 Å². The first-order chi connectivity index (χ1) is 8.19. The Bertz CT molecular complexity index is 360. The Balaban J connectivity index is 1.85. The van der Waals surface area contributed by atoms with Crippen LogP contribution in [0.25, 0.3) is 0 Å². The Morgan fingerprint density at radius 3 is 2.82 bits per heavy atom. The lowest BCUT2D eigenvalue weighted by atomic mass is 10.1. The molecule has 3 heteroatoms. The molecule has 1 heterocycles. The zero-order valence-corrected chi connectivity index (χ0v) is 11.1. The van der Waals surface area contributed by atoms with Gasteiger partial charge in [0.2, 0.25) is 0 Å². The molecule has 3 nitrogen and oxygen atoms in total. The second-order valence-electron chi connectivity index (χ2n) is 5.20. The molecule has 94 valence electrons. The smallest absolute Gasteiger partial charge is 0.0547 e. The van der Waals surface area contributed by atoms with Gasteiger partial charge in [0, 0.05) is 24.8 Å². The van der Waals surface area contributed by atoms with Crippen molar-refractivity contribution in [1.29, 1.82) is 0 Å². The van der Waals surface area contributed by atoms with Gasteiger partial charge >= 0.3 is 0 Å². The van der Waals surface area contributed by atoms with E-state index in [1.807, 2.05) is 13.0 Å². The number of pyridine rings is 1. The van der Waals surface area contributed by atoms with Crippen LogP contribution in [0.3, 0.4) is 0 Å². The lowest BCUT2D eigenvalue weighted by molar-refractivity contribution is 0.271. The lowest BCUT2D eigenvalue weighted by Crippen LogP contribution is -2.39. The second-order valence-corrected chi connectivity index (χ2v) is 5.20. The van der Waals surface area contributed by atoms with Crippen LogP contribution < -0.4 is 5.32 Å². The lowest BCUT2D eigenvalue weighted by Gasteiger charge is -2.23. The molecular weight excluding hydrogens is 210 g/mol. The van der Waals surface area contributed by atoms with Crippen molar-refractivity contribution in [1.82, 2.24) is 15.2 Å². The van der Waals surface area contributed by atoms with Crippen LogP contribution in [-0.2, 0) is 6.54 Å². The second kappa shape index (κ2) is 5.61. The molecule has 0 saturated heterocycles. The maximum Gasteiger partial charge on any atom is 0.0547 e. The van der Waals surface area contributed by atoms with E-state index >= 15 is 0 Å². The van der Waals surface area contributed by atoms with Crippen LogP contribution in [-0.4, -0.2) is 36.6 Å². The van der Waals surface area contributed by atoms with Crippen LogP contribution in [0.1, 0.15) is 24.2 Å². The van der Waals surface area contributed by atoms with Crippen molar-refractivity contribution in [3.8, 4) is 0 Å². The summed E-state index contributed by atoms with van der Waals surface area (Å²) in [4.78, 5) is 6.91. The van der Waals surface area contributed by atoms with Crippen molar-refractivity contribution in [2.45, 2.75) is 32.4 Å². The third-order valence-electron chi connectivity index (χ3n) is 3.45. The van der Waals surface area contributed by atoms with Crippen LogP contribution in [0.15, 0.2) is 18.2 Å². The molecule has 1 aliphatic rings. The molecule has 1 aliphatic carbocycles. The van der Waals surface area contributed by atoms with Gasteiger partial charge in [0.05, 0.1) is 5.69 Å². The highest BCUT2D eigenvalue weighted by atomic mass is 15.1. The summed E-state index contributed by atoms with van der Waals surface area (Å²) < 4.78 is 0. The van der Waals surface area contributed by atoms with Crippen LogP contribution in [0.4, 0.5) is 0 Å². The molecule has 2 rings (SSSR count). The van der Waals surface area contributed by atoms with Gasteiger partial charge in [0.1, 0.15) is 0 Å². The van der Waals surface area contributed by atoms with Gasteiger partial charge in [-0.15, -0.1) is 0 Å². The highest BCUT2D eigenvalue weighted by molar-refractivity contribution is 5.09. The molecule has 1 atom stereocenters. The summed E-state index contributed by atoms with van der Waals surface area (Å²) in [5.41, 5.74) is 2.27. The number of likely N-dealkylation sites (N-methyl/N-ethyl adjacent to an activating group) is 2. The van der Waals surface area contributed by atoms with Gasteiger partial charge < -0.3 is 5.32 Å².